The molecule has 3 heteroatoms. The van der Waals surface area contributed by atoms with Crippen molar-refractivity contribution in [3.63, 3.8) is 0 Å². The summed E-state index contributed by atoms with van der Waals surface area (Å²) in [5.41, 5.74) is 6.15. The highest BCUT2D eigenvalue weighted by atomic mass is 32.2. The maximum atomic E-state index is 10.4. The minimum absolute atomic E-state index is 0.137. The maximum Gasteiger partial charge on any atom is 0.0658 e. The summed E-state index contributed by atoms with van der Waals surface area (Å²) >= 11 is 2.10. The first-order chi connectivity index (χ1) is 9.20. The lowest BCUT2D eigenvalue weighted by Crippen LogP contribution is -2.39. The van der Waals surface area contributed by atoms with E-state index in [1.807, 2.05) is 0 Å². The Hall–Kier alpha value is 0.270. The average molecular weight is 285 g/mol. The molecule has 4 atom stereocenters. The second kappa shape index (κ2) is 7.90. The minimum Gasteiger partial charge on any atom is -0.392 e. The molecule has 2 saturated carbocycles. The van der Waals surface area contributed by atoms with Crippen LogP contribution in [0.3, 0.4) is 0 Å². The van der Waals surface area contributed by atoms with Crippen LogP contribution < -0.4 is 5.73 Å². The molecule has 112 valence electrons. The van der Waals surface area contributed by atoms with Gasteiger partial charge in [-0.25, -0.2) is 0 Å². The highest BCUT2D eigenvalue weighted by molar-refractivity contribution is 8.00. The second-order valence-corrected chi connectivity index (χ2v) is 8.01. The number of thioether (sulfide) groups is 1. The molecule has 0 spiro atoms. The first-order valence-corrected chi connectivity index (χ1v) is 9.24. The van der Waals surface area contributed by atoms with E-state index in [1.54, 1.807) is 0 Å². The van der Waals surface area contributed by atoms with Crippen LogP contribution in [0.2, 0.25) is 0 Å². The van der Waals surface area contributed by atoms with Gasteiger partial charge in [-0.3, -0.25) is 0 Å². The molecule has 2 rings (SSSR count). The Morgan fingerprint density at radius 3 is 2.47 bits per heavy atom. The Balaban J connectivity index is 1.93. The van der Waals surface area contributed by atoms with Gasteiger partial charge in [-0.1, -0.05) is 32.6 Å². The normalized spacial score (nSPS) is 33.0. The quantitative estimate of drug-likeness (QED) is 0.809. The molecule has 2 aliphatic carbocycles. The van der Waals surface area contributed by atoms with Crippen molar-refractivity contribution in [3.05, 3.63) is 0 Å². The van der Waals surface area contributed by atoms with E-state index in [1.165, 1.54) is 51.4 Å². The molecule has 0 bridgehead atoms. The molecule has 3 N–H and O–H groups in total. The van der Waals surface area contributed by atoms with Crippen molar-refractivity contribution in [1.29, 1.82) is 0 Å². The van der Waals surface area contributed by atoms with Crippen molar-refractivity contribution in [2.45, 2.75) is 93.8 Å². The van der Waals surface area contributed by atoms with Crippen molar-refractivity contribution >= 4 is 11.8 Å². The van der Waals surface area contributed by atoms with E-state index < -0.39 is 0 Å². The summed E-state index contributed by atoms with van der Waals surface area (Å²) in [7, 11) is 0. The van der Waals surface area contributed by atoms with Gasteiger partial charge in [0.05, 0.1) is 6.10 Å². The molecule has 0 radical (unpaired) electrons. The monoisotopic (exact) mass is 285 g/mol. The molecule has 2 fully saturated rings. The number of hydrogen-bond donors (Lipinski definition) is 2. The van der Waals surface area contributed by atoms with Gasteiger partial charge in [0, 0.05) is 16.5 Å². The van der Waals surface area contributed by atoms with Crippen LogP contribution in [0.15, 0.2) is 0 Å². The van der Waals surface area contributed by atoms with Crippen molar-refractivity contribution < 1.29 is 5.11 Å². The van der Waals surface area contributed by atoms with Gasteiger partial charge in [0.1, 0.15) is 0 Å². The Morgan fingerprint density at radius 1 is 1.11 bits per heavy atom. The van der Waals surface area contributed by atoms with E-state index in [0.717, 1.165) is 18.1 Å². The largest absolute Gasteiger partial charge is 0.392 e. The summed E-state index contributed by atoms with van der Waals surface area (Å²) < 4.78 is 0. The molecule has 2 nitrogen and oxygen atoms in total. The summed E-state index contributed by atoms with van der Waals surface area (Å²) in [6, 6.07) is 0.372. The lowest BCUT2D eigenvalue weighted by molar-refractivity contribution is 0.131. The van der Waals surface area contributed by atoms with Crippen LogP contribution in [0.1, 0.15) is 71.1 Å². The summed E-state index contributed by atoms with van der Waals surface area (Å²) in [5, 5.41) is 11.6. The molecule has 0 amide bonds. The molecule has 0 aromatic carbocycles. The van der Waals surface area contributed by atoms with E-state index in [4.69, 9.17) is 5.73 Å². The average Bonchev–Trinajstić information content (AvgIpc) is 2.45. The van der Waals surface area contributed by atoms with Crippen molar-refractivity contribution in [3.8, 4) is 0 Å². The van der Waals surface area contributed by atoms with E-state index in [-0.39, 0.29) is 6.10 Å². The summed E-state index contributed by atoms with van der Waals surface area (Å²) in [6.07, 6.45) is 12.5. The highest BCUT2D eigenvalue weighted by Gasteiger charge is 2.33. The van der Waals surface area contributed by atoms with E-state index in [9.17, 15) is 5.11 Å². The minimum atomic E-state index is -0.137. The van der Waals surface area contributed by atoms with Crippen LogP contribution in [-0.4, -0.2) is 27.8 Å². The van der Waals surface area contributed by atoms with Crippen molar-refractivity contribution in [1.82, 2.24) is 0 Å². The molecule has 0 aliphatic heterocycles. The zero-order valence-corrected chi connectivity index (χ0v) is 13.2. The lowest BCUT2D eigenvalue weighted by Gasteiger charge is -2.37. The summed E-state index contributed by atoms with van der Waals surface area (Å²) in [4.78, 5) is 0. The highest BCUT2D eigenvalue weighted by Crippen LogP contribution is 2.40. The van der Waals surface area contributed by atoms with Crippen LogP contribution in [-0.2, 0) is 0 Å². The summed E-state index contributed by atoms with van der Waals surface area (Å²) in [5.74, 6) is 0.644. The smallest absolute Gasteiger partial charge is 0.0658 e. The Labute approximate surface area is 122 Å². The summed E-state index contributed by atoms with van der Waals surface area (Å²) in [6.45, 7) is 2.11. The number of aliphatic hydroxyl groups excluding tert-OH is 1. The Kier molecular flexibility index (Phi) is 6.51. The second-order valence-electron chi connectivity index (χ2n) is 6.52. The first kappa shape index (κ1) is 15.7. The predicted octanol–water partition coefficient (Wildman–Crippen LogP) is 3.71. The number of hydrogen-bond acceptors (Lipinski definition) is 3. The van der Waals surface area contributed by atoms with Gasteiger partial charge in [-0.15, -0.1) is 0 Å². The van der Waals surface area contributed by atoms with Crippen LogP contribution in [0, 0.1) is 5.92 Å². The number of rotatable bonds is 5. The fraction of sp³-hybridized carbons (Fsp3) is 1.00. The molecule has 19 heavy (non-hydrogen) atoms. The zero-order chi connectivity index (χ0) is 13.7. The molecule has 2 aliphatic rings. The number of nitrogens with two attached hydrogens (primary N) is 1. The fourth-order valence-electron chi connectivity index (χ4n) is 3.74. The SMILES string of the molecule is CCC(O)C(SC1CCCCC1)C1CCCC(N)C1. The Bertz CT molecular complexity index is 255. The van der Waals surface area contributed by atoms with Crippen LogP contribution in [0.5, 0.6) is 0 Å². The van der Waals surface area contributed by atoms with Gasteiger partial charge >= 0.3 is 0 Å². The van der Waals surface area contributed by atoms with Crippen molar-refractivity contribution in [2.24, 2.45) is 11.7 Å². The topological polar surface area (TPSA) is 46.2 Å². The van der Waals surface area contributed by atoms with Crippen LogP contribution in [0.4, 0.5) is 0 Å². The van der Waals surface area contributed by atoms with Gasteiger partial charge < -0.3 is 10.8 Å². The molecule has 4 unspecified atom stereocenters. The van der Waals surface area contributed by atoms with Crippen LogP contribution in [0.25, 0.3) is 0 Å². The van der Waals surface area contributed by atoms with Gasteiger partial charge in [0.15, 0.2) is 0 Å². The molecular formula is C16H31NOS. The third kappa shape index (κ3) is 4.64. The molecular weight excluding hydrogens is 254 g/mol. The molecule has 0 saturated heterocycles. The van der Waals surface area contributed by atoms with Gasteiger partial charge in [-0.2, -0.15) is 11.8 Å². The van der Waals surface area contributed by atoms with Gasteiger partial charge in [0.2, 0.25) is 0 Å². The van der Waals surface area contributed by atoms with Gasteiger partial charge in [-0.05, 0) is 44.4 Å². The lowest BCUT2D eigenvalue weighted by atomic mass is 9.82. The number of aliphatic hydroxyl groups is 1. The Morgan fingerprint density at radius 2 is 1.84 bits per heavy atom. The zero-order valence-electron chi connectivity index (χ0n) is 12.4. The van der Waals surface area contributed by atoms with E-state index >= 15 is 0 Å². The molecule has 0 heterocycles. The first-order valence-electron chi connectivity index (χ1n) is 8.29. The van der Waals surface area contributed by atoms with Gasteiger partial charge in [0.25, 0.3) is 0 Å². The van der Waals surface area contributed by atoms with E-state index in [2.05, 4.69) is 18.7 Å². The van der Waals surface area contributed by atoms with E-state index in [0.29, 0.717) is 17.2 Å². The maximum absolute atomic E-state index is 10.4. The van der Waals surface area contributed by atoms with Crippen LogP contribution >= 0.6 is 11.8 Å². The molecule has 0 aromatic heterocycles. The fourth-order valence-corrected chi connectivity index (χ4v) is 5.63. The third-order valence-electron chi connectivity index (χ3n) is 4.92. The van der Waals surface area contributed by atoms with Crippen molar-refractivity contribution in [2.75, 3.05) is 0 Å². The molecule has 0 aromatic rings. The standard InChI is InChI=1S/C16H31NOS/c1-2-15(18)16(12-7-6-8-13(17)11-12)19-14-9-4-3-5-10-14/h12-16,18H,2-11,17H2,1H3. The third-order valence-corrected chi connectivity index (χ3v) is 6.79. The predicted molar refractivity (Wildman–Crippen MR) is 84.5 cm³/mol.